The Balaban J connectivity index is 1.85. The number of aliphatic hydroxyl groups is 1. The highest BCUT2D eigenvalue weighted by Crippen LogP contribution is 2.39. The molecule has 126 valence electrons. The van der Waals surface area contributed by atoms with Crippen LogP contribution in [0.2, 0.25) is 5.02 Å². The fourth-order valence-corrected chi connectivity index (χ4v) is 3.50. The second kappa shape index (κ2) is 6.37. The quantitative estimate of drug-likeness (QED) is 0.679. The normalized spacial score (nSPS) is 16.9. The zero-order valence-electron chi connectivity index (χ0n) is 13.3. The lowest BCUT2D eigenvalue weighted by atomic mass is 9.84. The number of aryl methyl sites for hydroxylation is 1. The predicted octanol–water partition coefficient (Wildman–Crippen LogP) is 3.44. The zero-order chi connectivity index (χ0) is 17.3. The summed E-state index contributed by atoms with van der Waals surface area (Å²) in [5.74, 6) is 0.362. The Morgan fingerprint density at radius 1 is 1.29 bits per heavy atom. The van der Waals surface area contributed by atoms with Crippen molar-refractivity contribution < 1.29 is 10.0 Å². The molecule has 1 N–H and O–H groups in total. The van der Waals surface area contributed by atoms with Crippen LogP contribution in [0.5, 0.6) is 0 Å². The fourth-order valence-electron chi connectivity index (χ4n) is 3.19. The van der Waals surface area contributed by atoms with Crippen molar-refractivity contribution in [3.8, 4) is 0 Å². The van der Waals surface area contributed by atoms with Gasteiger partial charge in [0.15, 0.2) is 0 Å². The number of pyridine rings is 1. The first-order valence-electron chi connectivity index (χ1n) is 7.75. The standard InChI is InChI=1S/C17H18ClN3O3/c1-12-6-9-19-16(15(12)21(23)24)20-10-7-17(22,8-11-20)13-4-2-3-5-14(13)18/h2-6,9,22H,7-8,10-11H2,1H3. The van der Waals surface area contributed by atoms with E-state index < -0.39 is 10.5 Å². The van der Waals surface area contributed by atoms with Gasteiger partial charge < -0.3 is 10.0 Å². The van der Waals surface area contributed by atoms with E-state index in [1.54, 1.807) is 25.3 Å². The van der Waals surface area contributed by atoms with Gasteiger partial charge >= 0.3 is 5.69 Å². The van der Waals surface area contributed by atoms with Crippen LogP contribution in [0.1, 0.15) is 24.0 Å². The number of halogens is 1. The molecule has 24 heavy (non-hydrogen) atoms. The van der Waals surface area contributed by atoms with Crippen LogP contribution in [0.4, 0.5) is 11.5 Å². The first-order valence-corrected chi connectivity index (χ1v) is 8.12. The van der Waals surface area contributed by atoms with E-state index in [0.717, 1.165) is 0 Å². The summed E-state index contributed by atoms with van der Waals surface area (Å²) in [5.41, 5.74) is 0.295. The number of piperidine rings is 1. The molecule has 1 saturated heterocycles. The minimum Gasteiger partial charge on any atom is -0.385 e. The molecule has 0 radical (unpaired) electrons. The second-order valence-corrected chi connectivity index (χ2v) is 6.46. The van der Waals surface area contributed by atoms with Gasteiger partial charge in [0, 0.05) is 35.4 Å². The monoisotopic (exact) mass is 347 g/mol. The van der Waals surface area contributed by atoms with E-state index in [1.807, 2.05) is 23.1 Å². The van der Waals surface area contributed by atoms with Crippen molar-refractivity contribution in [2.45, 2.75) is 25.4 Å². The minimum atomic E-state index is -1.02. The summed E-state index contributed by atoms with van der Waals surface area (Å²) in [4.78, 5) is 17.0. The third-order valence-electron chi connectivity index (χ3n) is 4.55. The number of nitro groups is 1. The lowest BCUT2D eigenvalue weighted by Crippen LogP contribution is -2.43. The number of anilines is 1. The molecule has 2 heterocycles. The molecule has 0 aliphatic carbocycles. The molecular weight excluding hydrogens is 330 g/mol. The number of benzene rings is 1. The zero-order valence-corrected chi connectivity index (χ0v) is 14.0. The molecule has 0 unspecified atom stereocenters. The predicted molar refractivity (Wildman–Crippen MR) is 92.4 cm³/mol. The van der Waals surface area contributed by atoms with Gasteiger partial charge in [0.1, 0.15) is 0 Å². The van der Waals surface area contributed by atoms with E-state index in [-0.39, 0.29) is 5.69 Å². The molecule has 3 rings (SSSR count). The number of nitrogens with zero attached hydrogens (tertiary/aromatic N) is 3. The summed E-state index contributed by atoms with van der Waals surface area (Å²) in [5, 5.41) is 22.8. The molecule has 0 spiro atoms. The van der Waals surface area contributed by atoms with Crippen LogP contribution in [-0.4, -0.2) is 28.1 Å². The maximum atomic E-state index is 11.4. The average Bonchev–Trinajstić information content (AvgIpc) is 2.55. The summed E-state index contributed by atoms with van der Waals surface area (Å²) in [6, 6.07) is 8.88. The highest BCUT2D eigenvalue weighted by Gasteiger charge is 2.37. The number of hydrogen-bond donors (Lipinski definition) is 1. The molecule has 1 fully saturated rings. The van der Waals surface area contributed by atoms with E-state index >= 15 is 0 Å². The first kappa shape index (κ1) is 16.7. The Hall–Kier alpha value is -2.18. The molecule has 0 saturated carbocycles. The van der Waals surface area contributed by atoms with Crippen LogP contribution in [0.3, 0.4) is 0 Å². The molecule has 0 amide bonds. The van der Waals surface area contributed by atoms with Crippen molar-refractivity contribution in [1.29, 1.82) is 0 Å². The summed E-state index contributed by atoms with van der Waals surface area (Å²) >= 11 is 6.21. The van der Waals surface area contributed by atoms with Crippen LogP contribution in [-0.2, 0) is 5.60 Å². The van der Waals surface area contributed by atoms with Crippen LogP contribution >= 0.6 is 11.6 Å². The Bertz CT molecular complexity index is 773. The Kier molecular flexibility index (Phi) is 4.43. The van der Waals surface area contributed by atoms with Gasteiger partial charge in [-0.1, -0.05) is 29.8 Å². The SMILES string of the molecule is Cc1ccnc(N2CCC(O)(c3ccccc3Cl)CC2)c1[N+](=O)[O-]. The van der Waals surface area contributed by atoms with E-state index in [9.17, 15) is 15.2 Å². The summed E-state index contributed by atoms with van der Waals surface area (Å²) in [6.45, 7) is 2.64. The molecule has 2 aromatic rings. The van der Waals surface area contributed by atoms with Crippen molar-refractivity contribution in [1.82, 2.24) is 4.98 Å². The average molecular weight is 348 g/mol. The summed E-state index contributed by atoms with van der Waals surface area (Å²) in [7, 11) is 0. The number of rotatable bonds is 3. The highest BCUT2D eigenvalue weighted by molar-refractivity contribution is 6.31. The molecule has 0 atom stereocenters. The van der Waals surface area contributed by atoms with E-state index in [2.05, 4.69) is 4.98 Å². The van der Waals surface area contributed by atoms with Crippen molar-refractivity contribution in [3.63, 3.8) is 0 Å². The lowest BCUT2D eigenvalue weighted by molar-refractivity contribution is -0.384. The van der Waals surface area contributed by atoms with Gasteiger partial charge in [0.25, 0.3) is 0 Å². The Labute approximate surface area is 144 Å². The maximum Gasteiger partial charge on any atom is 0.314 e. The number of aromatic nitrogens is 1. The lowest BCUT2D eigenvalue weighted by Gasteiger charge is -2.39. The number of hydrogen-bond acceptors (Lipinski definition) is 5. The Morgan fingerprint density at radius 2 is 1.96 bits per heavy atom. The van der Waals surface area contributed by atoms with Gasteiger partial charge in [-0.25, -0.2) is 4.98 Å². The van der Waals surface area contributed by atoms with Gasteiger partial charge in [0.2, 0.25) is 5.82 Å². The Morgan fingerprint density at radius 3 is 2.58 bits per heavy atom. The van der Waals surface area contributed by atoms with E-state index in [0.29, 0.717) is 47.9 Å². The summed E-state index contributed by atoms with van der Waals surface area (Å²) in [6.07, 6.45) is 2.44. The van der Waals surface area contributed by atoms with Gasteiger partial charge in [-0.2, -0.15) is 0 Å². The van der Waals surface area contributed by atoms with Gasteiger partial charge in [-0.15, -0.1) is 0 Å². The second-order valence-electron chi connectivity index (χ2n) is 6.06. The molecule has 1 aromatic heterocycles. The van der Waals surface area contributed by atoms with Crippen LogP contribution < -0.4 is 4.90 Å². The minimum absolute atomic E-state index is 0.0284. The molecule has 1 aliphatic rings. The largest absolute Gasteiger partial charge is 0.385 e. The third kappa shape index (κ3) is 2.95. The third-order valence-corrected chi connectivity index (χ3v) is 4.88. The van der Waals surface area contributed by atoms with Crippen LogP contribution in [0, 0.1) is 17.0 Å². The fraction of sp³-hybridized carbons (Fsp3) is 0.353. The molecule has 1 aromatic carbocycles. The van der Waals surface area contributed by atoms with Crippen molar-refractivity contribution in [2.24, 2.45) is 0 Å². The van der Waals surface area contributed by atoms with Gasteiger partial charge in [-0.05, 0) is 31.9 Å². The van der Waals surface area contributed by atoms with E-state index in [1.165, 1.54) is 0 Å². The molecule has 1 aliphatic heterocycles. The van der Waals surface area contributed by atoms with Gasteiger partial charge in [-0.3, -0.25) is 10.1 Å². The van der Waals surface area contributed by atoms with E-state index in [4.69, 9.17) is 11.6 Å². The van der Waals surface area contributed by atoms with Crippen molar-refractivity contribution in [2.75, 3.05) is 18.0 Å². The van der Waals surface area contributed by atoms with Crippen LogP contribution in [0.25, 0.3) is 0 Å². The van der Waals surface area contributed by atoms with Crippen LogP contribution in [0.15, 0.2) is 36.5 Å². The maximum absolute atomic E-state index is 11.4. The molecule has 0 bridgehead atoms. The molecule has 7 heteroatoms. The summed E-state index contributed by atoms with van der Waals surface area (Å²) < 4.78 is 0. The first-order chi connectivity index (χ1) is 11.4. The van der Waals surface area contributed by atoms with Gasteiger partial charge in [0.05, 0.1) is 10.5 Å². The molecular formula is C17H18ClN3O3. The topological polar surface area (TPSA) is 79.5 Å². The van der Waals surface area contributed by atoms with Crippen molar-refractivity contribution in [3.05, 3.63) is 62.8 Å². The highest BCUT2D eigenvalue weighted by atomic mass is 35.5. The van der Waals surface area contributed by atoms with Crippen molar-refractivity contribution >= 4 is 23.1 Å². The molecule has 6 nitrogen and oxygen atoms in total. The smallest absolute Gasteiger partial charge is 0.314 e.